The normalized spacial score (nSPS) is 13.8. The van der Waals surface area contributed by atoms with Gasteiger partial charge in [0.15, 0.2) is 0 Å². The smallest absolute Gasteiger partial charge is 0.131 e. The van der Waals surface area contributed by atoms with Crippen LogP contribution in [0.4, 0.5) is 5.69 Å². The van der Waals surface area contributed by atoms with Crippen LogP contribution in [0.3, 0.4) is 0 Å². The molecule has 0 aliphatic carbocycles. The minimum atomic E-state index is -0.373. The molecular formula is C16H18ClNO. The van der Waals surface area contributed by atoms with Crippen LogP contribution in [0.1, 0.15) is 25.8 Å². The van der Waals surface area contributed by atoms with E-state index in [1.807, 2.05) is 24.3 Å². The van der Waals surface area contributed by atoms with E-state index in [9.17, 15) is 0 Å². The highest BCUT2D eigenvalue weighted by Crippen LogP contribution is 2.33. The quantitative estimate of drug-likeness (QED) is 0.826. The van der Waals surface area contributed by atoms with Crippen LogP contribution < -0.4 is 10.5 Å². The number of hydrogen-bond donors (Lipinski definition) is 1. The van der Waals surface area contributed by atoms with Crippen molar-refractivity contribution in [3.63, 3.8) is 0 Å². The second-order valence-corrected chi connectivity index (χ2v) is 5.14. The molecule has 0 saturated heterocycles. The zero-order chi connectivity index (χ0) is 13.9. The maximum absolute atomic E-state index is 6.13. The minimum absolute atomic E-state index is 0.373. The molecule has 0 amide bonds. The highest BCUT2D eigenvalue weighted by Gasteiger charge is 2.26. The second-order valence-electron chi connectivity index (χ2n) is 4.74. The molecule has 100 valence electrons. The Hall–Kier alpha value is -1.67. The van der Waals surface area contributed by atoms with Gasteiger partial charge in [-0.05, 0) is 31.0 Å². The van der Waals surface area contributed by atoms with Crippen LogP contribution in [-0.2, 0) is 5.60 Å². The summed E-state index contributed by atoms with van der Waals surface area (Å²) in [5.41, 5.74) is 7.11. The van der Waals surface area contributed by atoms with Gasteiger partial charge in [0, 0.05) is 6.07 Å². The largest absolute Gasteiger partial charge is 0.483 e. The molecule has 0 saturated carbocycles. The summed E-state index contributed by atoms with van der Waals surface area (Å²) in [7, 11) is 0. The third-order valence-corrected chi connectivity index (χ3v) is 3.71. The van der Waals surface area contributed by atoms with Gasteiger partial charge >= 0.3 is 0 Å². The molecule has 1 atom stereocenters. The van der Waals surface area contributed by atoms with Crippen LogP contribution in [0.25, 0.3) is 0 Å². The average molecular weight is 276 g/mol. The first kappa shape index (κ1) is 13.8. The summed E-state index contributed by atoms with van der Waals surface area (Å²) < 4.78 is 6.13. The maximum Gasteiger partial charge on any atom is 0.131 e. The number of anilines is 1. The molecule has 19 heavy (non-hydrogen) atoms. The third-order valence-electron chi connectivity index (χ3n) is 3.37. The Morgan fingerprint density at radius 2 is 1.84 bits per heavy atom. The van der Waals surface area contributed by atoms with Gasteiger partial charge in [0.05, 0.1) is 10.7 Å². The van der Waals surface area contributed by atoms with Crippen molar-refractivity contribution in [1.82, 2.24) is 0 Å². The van der Waals surface area contributed by atoms with E-state index in [-0.39, 0.29) is 5.60 Å². The van der Waals surface area contributed by atoms with E-state index in [4.69, 9.17) is 22.1 Å². The van der Waals surface area contributed by atoms with Gasteiger partial charge in [0.1, 0.15) is 11.4 Å². The number of nitrogen functional groups attached to an aromatic ring is 1. The SMILES string of the molecule is CCC(C)(Oc1ccc(Cl)c(N)c1)c1ccccc1. The number of rotatable bonds is 4. The summed E-state index contributed by atoms with van der Waals surface area (Å²) >= 11 is 5.92. The number of benzene rings is 2. The Kier molecular flexibility index (Phi) is 4.01. The molecule has 0 heterocycles. The number of ether oxygens (including phenoxy) is 1. The Morgan fingerprint density at radius 1 is 1.16 bits per heavy atom. The fourth-order valence-electron chi connectivity index (χ4n) is 1.97. The first-order chi connectivity index (χ1) is 9.05. The first-order valence-corrected chi connectivity index (χ1v) is 6.72. The Morgan fingerprint density at radius 3 is 2.42 bits per heavy atom. The molecule has 0 aliphatic rings. The van der Waals surface area contributed by atoms with Crippen molar-refractivity contribution in [2.75, 3.05) is 5.73 Å². The molecule has 2 aromatic rings. The van der Waals surface area contributed by atoms with Crippen LogP contribution in [0.2, 0.25) is 5.02 Å². The van der Waals surface area contributed by atoms with E-state index in [1.54, 1.807) is 12.1 Å². The fraction of sp³-hybridized carbons (Fsp3) is 0.250. The molecule has 0 aromatic heterocycles. The van der Waals surface area contributed by atoms with Crippen molar-refractivity contribution in [1.29, 1.82) is 0 Å². The van der Waals surface area contributed by atoms with Crippen molar-refractivity contribution in [3.05, 3.63) is 59.1 Å². The maximum atomic E-state index is 6.13. The number of nitrogens with two attached hydrogens (primary N) is 1. The molecule has 0 bridgehead atoms. The lowest BCUT2D eigenvalue weighted by atomic mass is 9.93. The zero-order valence-corrected chi connectivity index (χ0v) is 11.9. The van der Waals surface area contributed by atoms with E-state index in [0.29, 0.717) is 10.7 Å². The molecule has 2 aromatic carbocycles. The molecule has 1 unspecified atom stereocenters. The number of halogens is 1. The predicted octanol–water partition coefficient (Wildman–Crippen LogP) is 4.63. The summed E-state index contributed by atoms with van der Waals surface area (Å²) in [6.07, 6.45) is 0.861. The van der Waals surface area contributed by atoms with E-state index in [2.05, 4.69) is 26.0 Å². The topological polar surface area (TPSA) is 35.2 Å². The van der Waals surface area contributed by atoms with E-state index < -0.39 is 0 Å². The van der Waals surface area contributed by atoms with Gasteiger partial charge in [0.25, 0.3) is 0 Å². The van der Waals surface area contributed by atoms with Crippen molar-refractivity contribution < 1.29 is 4.74 Å². The third kappa shape index (κ3) is 3.02. The van der Waals surface area contributed by atoms with Crippen LogP contribution >= 0.6 is 11.6 Å². The monoisotopic (exact) mass is 275 g/mol. The van der Waals surface area contributed by atoms with Gasteiger partial charge in [-0.1, -0.05) is 48.9 Å². The molecule has 2 nitrogen and oxygen atoms in total. The summed E-state index contributed by atoms with van der Waals surface area (Å²) in [6.45, 7) is 4.18. The lowest BCUT2D eigenvalue weighted by molar-refractivity contribution is 0.0827. The highest BCUT2D eigenvalue weighted by molar-refractivity contribution is 6.33. The molecule has 3 heteroatoms. The van der Waals surface area contributed by atoms with Gasteiger partial charge in [-0.15, -0.1) is 0 Å². The first-order valence-electron chi connectivity index (χ1n) is 6.35. The van der Waals surface area contributed by atoms with Gasteiger partial charge in [-0.2, -0.15) is 0 Å². The molecule has 0 spiro atoms. The summed E-state index contributed by atoms with van der Waals surface area (Å²) in [6, 6.07) is 15.5. The lowest BCUT2D eigenvalue weighted by Gasteiger charge is -2.30. The molecule has 2 N–H and O–H groups in total. The van der Waals surface area contributed by atoms with Crippen LogP contribution in [0.5, 0.6) is 5.75 Å². The number of hydrogen-bond acceptors (Lipinski definition) is 2. The van der Waals surface area contributed by atoms with Crippen molar-refractivity contribution in [2.24, 2.45) is 0 Å². The standard InChI is InChI=1S/C16H18ClNO/c1-3-16(2,12-7-5-4-6-8-12)19-13-9-10-14(17)15(18)11-13/h4-11H,3,18H2,1-2H3. The summed E-state index contributed by atoms with van der Waals surface area (Å²) in [5, 5.41) is 0.547. The highest BCUT2D eigenvalue weighted by atomic mass is 35.5. The molecule has 0 aliphatic heterocycles. The van der Waals surface area contributed by atoms with Crippen LogP contribution in [-0.4, -0.2) is 0 Å². The fourth-order valence-corrected chi connectivity index (χ4v) is 2.09. The molecular weight excluding hydrogens is 258 g/mol. The van der Waals surface area contributed by atoms with Crippen molar-refractivity contribution in [3.8, 4) is 5.75 Å². The van der Waals surface area contributed by atoms with Crippen LogP contribution in [0.15, 0.2) is 48.5 Å². The Balaban J connectivity index is 2.30. The van der Waals surface area contributed by atoms with Gasteiger partial charge in [0.2, 0.25) is 0 Å². The average Bonchev–Trinajstić information content (AvgIpc) is 2.44. The summed E-state index contributed by atoms with van der Waals surface area (Å²) in [5.74, 6) is 0.732. The molecule has 0 fully saturated rings. The van der Waals surface area contributed by atoms with Gasteiger partial charge in [-0.3, -0.25) is 0 Å². The Labute approximate surface area is 119 Å². The Bertz CT molecular complexity index is 556. The minimum Gasteiger partial charge on any atom is -0.483 e. The molecule has 0 radical (unpaired) electrons. The predicted molar refractivity (Wildman–Crippen MR) is 80.6 cm³/mol. The van der Waals surface area contributed by atoms with E-state index >= 15 is 0 Å². The lowest BCUT2D eigenvalue weighted by Crippen LogP contribution is -2.28. The molecule has 2 rings (SSSR count). The van der Waals surface area contributed by atoms with Gasteiger partial charge < -0.3 is 10.5 Å². The zero-order valence-electron chi connectivity index (χ0n) is 11.2. The van der Waals surface area contributed by atoms with Gasteiger partial charge in [-0.25, -0.2) is 0 Å². The van der Waals surface area contributed by atoms with E-state index in [0.717, 1.165) is 17.7 Å². The second kappa shape index (κ2) is 5.54. The van der Waals surface area contributed by atoms with Crippen LogP contribution in [0, 0.1) is 0 Å². The van der Waals surface area contributed by atoms with E-state index in [1.165, 1.54) is 0 Å². The van der Waals surface area contributed by atoms with Crippen molar-refractivity contribution >= 4 is 17.3 Å². The summed E-state index contributed by atoms with van der Waals surface area (Å²) in [4.78, 5) is 0. The van der Waals surface area contributed by atoms with Crippen molar-refractivity contribution in [2.45, 2.75) is 25.9 Å².